The Morgan fingerprint density at radius 3 is 2.24 bits per heavy atom. The molecule has 0 saturated carbocycles. The lowest BCUT2D eigenvalue weighted by Crippen LogP contribution is -2.41. The van der Waals surface area contributed by atoms with Crippen LogP contribution < -0.4 is 10.5 Å². The Morgan fingerprint density at radius 2 is 1.66 bits per heavy atom. The number of aryl methyl sites for hydroxylation is 2. The molecule has 0 aliphatic carbocycles. The Balaban J connectivity index is 1.78. The molecule has 8 heteroatoms. The smallest absolute Gasteiger partial charge is 0.261 e. The molecule has 1 aliphatic heterocycles. The van der Waals surface area contributed by atoms with Crippen LogP contribution >= 0.6 is 0 Å². The second-order valence-electron chi connectivity index (χ2n) is 7.42. The van der Waals surface area contributed by atoms with E-state index in [9.17, 15) is 18.0 Å². The highest BCUT2D eigenvalue weighted by molar-refractivity contribution is 7.92. The van der Waals surface area contributed by atoms with Crippen molar-refractivity contribution in [2.45, 2.75) is 31.6 Å². The molecular weight excluding hydrogens is 390 g/mol. The molecule has 1 saturated heterocycles. The number of hydrogen-bond donors (Lipinski definition) is 2. The maximum absolute atomic E-state index is 12.8. The van der Waals surface area contributed by atoms with Crippen LogP contribution in [0.1, 0.15) is 34.3 Å². The van der Waals surface area contributed by atoms with E-state index in [1.807, 2.05) is 6.92 Å². The number of hydrogen-bond acceptors (Lipinski definition) is 4. The first-order valence-corrected chi connectivity index (χ1v) is 10.9. The summed E-state index contributed by atoms with van der Waals surface area (Å²) in [7, 11) is -3.76. The molecule has 0 unspecified atom stereocenters. The number of sulfonamides is 1. The monoisotopic (exact) mass is 415 g/mol. The summed E-state index contributed by atoms with van der Waals surface area (Å²) < 4.78 is 28.0. The number of nitrogens with one attached hydrogen (secondary N) is 1. The number of amides is 2. The summed E-state index contributed by atoms with van der Waals surface area (Å²) in [5, 5.41) is 0. The number of likely N-dealkylation sites (tertiary alicyclic amines) is 1. The zero-order valence-corrected chi connectivity index (χ0v) is 17.3. The van der Waals surface area contributed by atoms with Gasteiger partial charge >= 0.3 is 0 Å². The van der Waals surface area contributed by atoms with Gasteiger partial charge in [0.1, 0.15) is 0 Å². The molecule has 0 atom stereocenters. The highest BCUT2D eigenvalue weighted by Gasteiger charge is 2.27. The van der Waals surface area contributed by atoms with Gasteiger partial charge in [0.15, 0.2) is 0 Å². The van der Waals surface area contributed by atoms with E-state index in [2.05, 4.69) is 4.72 Å². The first-order chi connectivity index (χ1) is 13.7. The maximum atomic E-state index is 12.8. The minimum atomic E-state index is -3.76. The topological polar surface area (TPSA) is 110 Å². The van der Waals surface area contributed by atoms with Crippen molar-refractivity contribution >= 4 is 27.5 Å². The number of rotatable bonds is 5. The fourth-order valence-corrected chi connectivity index (χ4v) is 4.46. The van der Waals surface area contributed by atoms with Crippen molar-refractivity contribution in [2.24, 2.45) is 11.7 Å². The second-order valence-corrected chi connectivity index (χ2v) is 9.10. The molecule has 3 N–H and O–H groups in total. The van der Waals surface area contributed by atoms with Gasteiger partial charge in [-0.3, -0.25) is 14.3 Å². The number of piperidine rings is 1. The van der Waals surface area contributed by atoms with Crippen LogP contribution in [0.3, 0.4) is 0 Å². The molecule has 0 bridgehead atoms. The van der Waals surface area contributed by atoms with Gasteiger partial charge in [0.05, 0.1) is 10.6 Å². The summed E-state index contributed by atoms with van der Waals surface area (Å²) in [6.45, 7) is 4.56. The van der Waals surface area contributed by atoms with Gasteiger partial charge in [0.2, 0.25) is 5.91 Å². The summed E-state index contributed by atoms with van der Waals surface area (Å²) in [5.41, 5.74) is 7.78. The fraction of sp³-hybridized carbons (Fsp3) is 0.333. The Bertz CT molecular complexity index is 1020. The fourth-order valence-electron chi connectivity index (χ4n) is 3.34. The van der Waals surface area contributed by atoms with Crippen LogP contribution in [0.5, 0.6) is 0 Å². The Kier molecular flexibility index (Phi) is 5.93. The lowest BCUT2D eigenvalue weighted by molar-refractivity contribution is -0.123. The second kappa shape index (κ2) is 8.24. The molecule has 7 nitrogen and oxygen atoms in total. The number of anilines is 1. The predicted octanol–water partition coefficient (Wildman–Crippen LogP) is 2.44. The SMILES string of the molecule is Cc1ccc(S(=O)(=O)Nc2cc(C(=O)N3CCC(C(N)=O)CC3)ccc2C)cc1. The van der Waals surface area contributed by atoms with Crippen molar-refractivity contribution in [2.75, 3.05) is 17.8 Å². The van der Waals surface area contributed by atoms with Gasteiger partial charge in [-0.1, -0.05) is 23.8 Å². The average Bonchev–Trinajstić information content (AvgIpc) is 2.69. The van der Waals surface area contributed by atoms with Crippen LogP contribution in [0, 0.1) is 19.8 Å². The lowest BCUT2D eigenvalue weighted by atomic mass is 9.95. The molecule has 154 valence electrons. The molecule has 1 fully saturated rings. The molecule has 1 heterocycles. The van der Waals surface area contributed by atoms with E-state index < -0.39 is 10.0 Å². The largest absolute Gasteiger partial charge is 0.369 e. The summed E-state index contributed by atoms with van der Waals surface area (Å²) >= 11 is 0. The van der Waals surface area contributed by atoms with Crippen molar-refractivity contribution in [3.05, 3.63) is 59.2 Å². The van der Waals surface area contributed by atoms with Gasteiger partial charge in [0.25, 0.3) is 15.9 Å². The Morgan fingerprint density at radius 1 is 1.03 bits per heavy atom. The maximum Gasteiger partial charge on any atom is 0.261 e. The molecule has 2 aromatic carbocycles. The number of nitrogens with two attached hydrogens (primary N) is 1. The van der Waals surface area contributed by atoms with E-state index in [1.165, 1.54) is 0 Å². The standard InChI is InChI=1S/C21H25N3O4S/c1-14-3-7-18(8-4-14)29(27,28)23-19-13-17(6-5-15(19)2)21(26)24-11-9-16(10-12-24)20(22)25/h3-8,13,16,23H,9-12H2,1-2H3,(H2,22,25). The van der Waals surface area contributed by atoms with Gasteiger partial charge in [-0.05, 0) is 56.5 Å². The molecule has 3 rings (SSSR count). The zero-order chi connectivity index (χ0) is 21.2. The number of nitrogens with zero attached hydrogens (tertiary/aromatic N) is 1. The van der Waals surface area contributed by atoms with Crippen molar-refractivity contribution < 1.29 is 18.0 Å². The van der Waals surface area contributed by atoms with E-state index in [1.54, 1.807) is 54.3 Å². The van der Waals surface area contributed by atoms with Crippen LogP contribution in [0.4, 0.5) is 5.69 Å². The minimum absolute atomic E-state index is 0.160. The summed E-state index contributed by atoms with van der Waals surface area (Å²) in [4.78, 5) is 26.0. The number of benzene rings is 2. The summed E-state index contributed by atoms with van der Waals surface area (Å²) in [6, 6.07) is 11.5. The highest BCUT2D eigenvalue weighted by atomic mass is 32.2. The molecule has 2 amide bonds. The van der Waals surface area contributed by atoms with Gasteiger partial charge in [-0.15, -0.1) is 0 Å². The molecule has 1 aliphatic rings. The highest BCUT2D eigenvalue weighted by Crippen LogP contribution is 2.24. The quantitative estimate of drug-likeness (QED) is 0.781. The van der Waals surface area contributed by atoms with Crippen LogP contribution in [0.25, 0.3) is 0 Å². The third-order valence-corrected chi connectivity index (χ3v) is 6.63. The first-order valence-electron chi connectivity index (χ1n) is 9.46. The third kappa shape index (κ3) is 4.76. The molecule has 0 aromatic heterocycles. The van der Waals surface area contributed by atoms with Crippen molar-refractivity contribution in [3.8, 4) is 0 Å². The van der Waals surface area contributed by atoms with Gasteiger partial charge in [-0.2, -0.15) is 0 Å². The number of carbonyl (C=O) groups excluding carboxylic acids is 2. The summed E-state index contributed by atoms with van der Waals surface area (Å²) in [5.74, 6) is -0.724. The van der Waals surface area contributed by atoms with Crippen molar-refractivity contribution in [3.63, 3.8) is 0 Å². The van der Waals surface area contributed by atoms with E-state index in [-0.39, 0.29) is 22.6 Å². The van der Waals surface area contributed by atoms with Gasteiger partial charge in [-0.25, -0.2) is 8.42 Å². The van der Waals surface area contributed by atoms with Crippen LogP contribution in [0.15, 0.2) is 47.4 Å². The first kappa shape index (κ1) is 20.9. The minimum Gasteiger partial charge on any atom is -0.369 e. The molecule has 2 aromatic rings. The van der Waals surface area contributed by atoms with E-state index in [0.29, 0.717) is 42.7 Å². The number of primary amides is 1. The van der Waals surface area contributed by atoms with Crippen molar-refractivity contribution in [1.82, 2.24) is 4.90 Å². The zero-order valence-electron chi connectivity index (χ0n) is 16.5. The summed E-state index contributed by atoms with van der Waals surface area (Å²) in [6.07, 6.45) is 1.08. The molecular formula is C21H25N3O4S. The Hall–Kier alpha value is -2.87. The Labute approximate surface area is 171 Å². The predicted molar refractivity (Wildman–Crippen MR) is 111 cm³/mol. The molecule has 0 radical (unpaired) electrons. The number of carbonyl (C=O) groups is 2. The van der Waals surface area contributed by atoms with Crippen molar-refractivity contribution in [1.29, 1.82) is 0 Å². The van der Waals surface area contributed by atoms with Crippen LogP contribution in [-0.4, -0.2) is 38.2 Å². The molecule has 0 spiro atoms. The van der Waals surface area contributed by atoms with E-state index in [4.69, 9.17) is 5.73 Å². The van der Waals surface area contributed by atoms with E-state index >= 15 is 0 Å². The molecule has 29 heavy (non-hydrogen) atoms. The average molecular weight is 416 g/mol. The lowest BCUT2D eigenvalue weighted by Gasteiger charge is -2.30. The third-order valence-electron chi connectivity index (χ3n) is 5.24. The van der Waals surface area contributed by atoms with Gasteiger partial charge < -0.3 is 10.6 Å². The normalized spacial score (nSPS) is 15.2. The van der Waals surface area contributed by atoms with Gasteiger partial charge in [0, 0.05) is 24.6 Å². The van der Waals surface area contributed by atoms with Crippen LogP contribution in [0.2, 0.25) is 0 Å². The van der Waals surface area contributed by atoms with Crippen LogP contribution in [-0.2, 0) is 14.8 Å². The van der Waals surface area contributed by atoms with E-state index in [0.717, 1.165) is 5.56 Å².